The van der Waals surface area contributed by atoms with E-state index in [9.17, 15) is 4.39 Å². The highest BCUT2D eigenvalue weighted by atomic mass is 19.1. The lowest BCUT2D eigenvalue weighted by Crippen LogP contribution is -2.41. The van der Waals surface area contributed by atoms with Crippen molar-refractivity contribution in [2.24, 2.45) is 0 Å². The first-order valence-corrected chi connectivity index (χ1v) is 7.56. The second kappa shape index (κ2) is 5.79. The monoisotopic (exact) mass is 303 g/mol. The molecule has 2 aliphatic rings. The van der Waals surface area contributed by atoms with Gasteiger partial charge >= 0.3 is 0 Å². The average molecular weight is 303 g/mol. The number of nitrogens with one attached hydrogen (secondary N) is 1. The Kier molecular flexibility index (Phi) is 3.65. The molecule has 1 fully saturated rings. The zero-order chi connectivity index (χ0) is 14.9. The Balaban J connectivity index is 1.66. The lowest BCUT2D eigenvalue weighted by molar-refractivity contribution is -0.0677. The molecule has 2 aliphatic heterocycles. The zero-order valence-electron chi connectivity index (χ0n) is 12.2. The molecule has 1 aromatic heterocycles. The van der Waals surface area contributed by atoms with Crippen LogP contribution < -0.4 is 0 Å². The minimum absolute atomic E-state index is 0.00315. The van der Waals surface area contributed by atoms with Gasteiger partial charge in [0.2, 0.25) is 0 Å². The Morgan fingerprint density at radius 2 is 2.00 bits per heavy atom. The molecular weight excluding hydrogens is 285 g/mol. The van der Waals surface area contributed by atoms with E-state index in [-0.39, 0.29) is 18.1 Å². The number of hydrogen-bond acceptors (Lipinski definition) is 4. The molecular formula is C16H18FN3O2. The van der Waals surface area contributed by atoms with Crippen molar-refractivity contribution in [1.29, 1.82) is 0 Å². The molecule has 116 valence electrons. The van der Waals surface area contributed by atoms with Crippen LogP contribution in [0.15, 0.2) is 30.6 Å². The highest BCUT2D eigenvalue weighted by Crippen LogP contribution is 2.33. The van der Waals surface area contributed by atoms with Crippen LogP contribution in [0, 0.1) is 5.82 Å². The Hall–Kier alpha value is -1.76. The van der Waals surface area contributed by atoms with Gasteiger partial charge in [-0.2, -0.15) is 0 Å². The summed E-state index contributed by atoms with van der Waals surface area (Å²) in [6.45, 7) is 2.87. The normalized spacial score (nSPS) is 22.9. The van der Waals surface area contributed by atoms with Gasteiger partial charge in [-0.25, -0.2) is 9.37 Å². The fraction of sp³-hybridized carbons (Fsp3) is 0.438. The molecule has 1 N–H and O–H groups in total. The Morgan fingerprint density at radius 1 is 1.23 bits per heavy atom. The lowest BCUT2D eigenvalue weighted by atomic mass is 9.95. The summed E-state index contributed by atoms with van der Waals surface area (Å²) in [5, 5.41) is 0. The molecule has 0 bridgehead atoms. The standard InChI is InChI=1S/C16H18FN3O2/c17-12-3-1-11(2-4-12)16-15-13(18-10-19-15)5-6-20(16)9-14-21-7-8-22-14/h1-4,10,14,16H,5-9H2,(H,18,19)/t16-/m0/s1. The van der Waals surface area contributed by atoms with E-state index < -0.39 is 0 Å². The average Bonchev–Trinajstić information content (AvgIpc) is 3.19. The van der Waals surface area contributed by atoms with Crippen molar-refractivity contribution in [2.45, 2.75) is 18.8 Å². The maximum Gasteiger partial charge on any atom is 0.170 e. The molecule has 4 rings (SSSR count). The van der Waals surface area contributed by atoms with Crippen LogP contribution in [0.2, 0.25) is 0 Å². The second-order valence-electron chi connectivity index (χ2n) is 5.64. The van der Waals surface area contributed by atoms with Gasteiger partial charge in [-0.1, -0.05) is 12.1 Å². The number of ether oxygens (including phenoxy) is 2. The molecule has 6 heteroatoms. The molecule has 0 amide bonds. The molecule has 3 heterocycles. The number of rotatable bonds is 3. The molecule has 1 saturated heterocycles. The molecule has 2 aromatic rings. The van der Waals surface area contributed by atoms with Crippen LogP contribution in [0.5, 0.6) is 0 Å². The van der Waals surface area contributed by atoms with Crippen LogP contribution in [-0.2, 0) is 15.9 Å². The lowest BCUT2D eigenvalue weighted by Gasteiger charge is -2.36. The maximum atomic E-state index is 13.2. The number of H-pyrrole nitrogens is 1. The zero-order valence-corrected chi connectivity index (χ0v) is 12.2. The molecule has 0 saturated carbocycles. The first kappa shape index (κ1) is 13.9. The third-order valence-electron chi connectivity index (χ3n) is 4.28. The number of aromatic nitrogens is 2. The fourth-order valence-electron chi connectivity index (χ4n) is 3.24. The highest BCUT2D eigenvalue weighted by Gasteiger charge is 2.33. The molecule has 5 nitrogen and oxygen atoms in total. The van der Waals surface area contributed by atoms with Crippen molar-refractivity contribution in [2.75, 3.05) is 26.3 Å². The van der Waals surface area contributed by atoms with Gasteiger partial charge in [0.05, 0.1) is 37.8 Å². The summed E-state index contributed by atoms with van der Waals surface area (Å²) in [4.78, 5) is 10.00. The minimum Gasteiger partial charge on any atom is -0.349 e. The predicted molar refractivity (Wildman–Crippen MR) is 77.8 cm³/mol. The van der Waals surface area contributed by atoms with Crippen LogP contribution >= 0.6 is 0 Å². The number of nitrogens with zero attached hydrogens (tertiary/aromatic N) is 2. The quantitative estimate of drug-likeness (QED) is 0.940. The van der Waals surface area contributed by atoms with E-state index in [1.807, 2.05) is 12.1 Å². The summed E-state index contributed by atoms with van der Waals surface area (Å²) in [6, 6.07) is 6.65. The number of fused-ring (bicyclic) bond motifs is 1. The molecule has 0 spiro atoms. The third-order valence-corrected chi connectivity index (χ3v) is 4.28. The number of halogens is 1. The van der Waals surface area contributed by atoms with Crippen LogP contribution in [-0.4, -0.2) is 47.5 Å². The summed E-state index contributed by atoms with van der Waals surface area (Å²) in [6.07, 6.45) is 2.45. The topological polar surface area (TPSA) is 50.4 Å². The largest absolute Gasteiger partial charge is 0.349 e. The summed E-state index contributed by atoms with van der Waals surface area (Å²) in [7, 11) is 0. The van der Waals surface area contributed by atoms with Gasteiger partial charge in [-0.15, -0.1) is 0 Å². The summed E-state index contributed by atoms with van der Waals surface area (Å²) in [5.41, 5.74) is 3.20. The molecule has 0 aliphatic carbocycles. The Bertz CT molecular complexity index is 637. The van der Waals surface area contributed by atoms with E-state index >= 15 is 0 Å². The van der Waals surface area contributed by atoms with Crippen molar-refractivity contribution in [3.05, 3.63) is 53.4 Å². The summed E-state index contributed by atoms with van der Waals surface area (Å²) in [5.74, 6) is -0.226. The first-order valence-electron chi connectivity index (χ1n) is 7.56. The molecule has 1 atom stereocenters. The van der Waals surface area contributed by atoms with Crippen LogP contribution in [0.25, 0.3) is 0 Å². The molecule has 0 unspecified atom stereocenters. The Morgan fingerprint density at radius 3 is 2.77 bits per heavy atom. The van der Waals surface area contributed by atoms with Crippen LogP contribution in [0.3, 0.4) is 0 Å². The predicted octanol–water partition coefficient (Wildman–Crippen LogP) is 1.87. The van der Waals surface area contributed by atoms with Gasteiger partial charge in [0.25, 0.3) is 0 Å². The smallest absolute Gasteiger partial charge is 0.170 e. The van der Waals surface area contributed by atoms with E-state index in [1.165, 1.54) is 12.1 Å². The van der Waals surface area contributed by atoms with Gasteiger partial charge in [0.15, 0.2) is 6.29 Å². The SMILES string of the molecule is Fc1ccc([C@H]2c3nc[nH]c3CCN2CC2OCCO2)cc1. The van der Waals surface area contributed by atoms with Gasteiger partial charge in [-0.05, 0) is 17.7 Å². The van der Waals surface area contributed by atoms with Gasteiger partial charge < -0.3 is 14.5 Å². The van der Waals surface area contributed by atoms with E-state index in [1.54, 1.807) is 6.33 Å². The van der Waals surface area contributed by atoms with Crippen molar-refractivity contribution in [3.63, 3.8) is 0 Å². The number of imidazole rings is 1. The van der Waals surface area contributed by atoms with Gasteiger partial charge in [0.1, 0.15) is 5.82 Å². The van der Waals surface area contributed by atoms with Crippen molar-refractivity contribution in [3.8, 4) is 0 Å². The van der Waals surface area contributed by atoms with Crippen molar-refractivity contribution >= 4 is 0 Å². The molecule has 1 aromatic carbocycles. The highest BCUT2D eigenvalue weighted by molar-refractivity contribution is 5.32. The van der Waals surface area contributed by atoms with E-state index in [0.29, 0.717) is 19.8 Å². The summed E-state index contributed by atoms with van der Waals surface area (Å²) >= 11 is 0. The maximum absolute atomic E-state index is 13.2. The second-order valence-corrected chi connectivity index (χ2v) is 5.64. The van der Waals surface area contributed by atoms with Gasteiger partial charge in [0, 0.05) is 18.7 Å². The molecule has 22 heavy (non-hydrogen) atoms. The van der Waals surface area contributed by atoms with E-state index in [0.717, 1.165) is 29.9 Å². The number of benzene rings is 1. The minimum atomic E-state index is -0.226. The van der Waals surface area contributed by atoms with Crippen LogP contribution in [0.4, 0.5) is 4.39 Å². The Labute approximate surface area is 128 Å². The summed E-state index contributed by atoms with van der Waals surface area (Å²) < 4.78 is 24.4. The fourth-order valence-corrected chi connectivity index (χ4v) is 3.24. The number of aromatic amines is 1. The third kappa shape index (κ3) is 2.54. The first-order chi connectivity index (χ1) is 10.8. The molecule has 0 radical (unpaired) electrons. The van der Waals surface area contributed by atoms with Crippen molar-refractivity contribution < 1.29 is 13.9 Å². The number of hydrogen-bond donors (Lipinski definition) is 1. The van der Waals surface area contributed by atoms with E-state index in [4.69, 9.17) is 9.47 Å². The van der Waals surface area contributed by atoms with E-state index in [2.05, 4.69) is 14.9 Å². The van der Waals surface area contributed by atoms with Crippen molar-refractivity contribution in [1.82, 2.24) is 14.9 Å². The van der Waals surface area contributed by atoms with Crippen LogP contribution in [0.1, 0.15) is 23.0 Å². The van der Waals surface area contributed by atoms with Gasteiger partial charge in [-0.3, -0.25) is 4.90 Å².